The number of rotatable bonds is 9. The lowest BCUT2D eigenvalue weighted by molar-refractivity contribution is 0.0976. The molecule has 0 saturated carbocycles. The molecule has 0 amide bonds. The Bertz CT molecular complexity index is 981. The number of aryl methyl sites for hydroxylation is 1. The molecule has 0 spiro atoms. The lowest BCUT2D eigenvalue weighted by Gasteiger charge is -2.21. The fourth-order valence-corrected chi connectivity index (χ4v) is 3.25. The van der Waals surface area contributed by atoms with Crippen molar-refractivity contribution in [1.82, 2.24) is 0 Å². The number of ketones is 1. The van der Waals surface area contributed by atoms with Crippen LogP contribution in [0.1, 0.15) is 33.9 Å². The highest BCUT2D eigenvalue weighted by Crippen LogP contribution is 2.33. The van der Waals surface area contributed by atoms with E-state index in [0.717, 1.165) is 17.0 Å². The minimum atomic E-state index is -0.234. The summed E-state index contributed by atoms with van der Waals surface area (Å²) in [6.45, 7) is 2.04. The summed E-state index contributed by atoms with van der Waals surface area (Å²) in [5.74, 6) is 2.04. The van der Waals surface area contributed by atoms with Crippen LogP contribution in [0.2, 0.25) is 0 Å². The van der Waals surface area contributed by atoms with Crippen molar-refractivity contribution in [2.75, 3.05) is 26.6 Å². The quantitative estimate of drug-likeness (QED) is 0.480. The predicted octanol–water partition coefficient (Wildman–Crippen LogP) is 5.45. The van der Waals surface area contributed by atoms with E-state index in [1.807, 2.05) is 49.4 Å². The fraction of sp³-hybridized carbons (Fsp3) is 0.240. The molecule has 1 unspecified atom stereocenters. The molecule has 0 radical (unpaired) electrons. The molecule has 3 aromatic rings. The van der Waals surface area contributed by atoms with Crippen LogP contribution >= 0.6 is 0 Å². The molecule has 3 aromatic carbocycles. The highest BCUT2D eigenvalue weighted by Gasteiger charge is 2.19. The van der Waals surface area contributed by atoms with E-state index in [1.54, 1.807) is 45.6 Å². The molecule has 0 aromatic heterocycles. The summed E-state index contributed by atoms with van der Waals surface area (Å²) in [5, 5.41) is 3.49. The standard InChI is InChI=1S/C25H27NO4/c1-17-5-10-20(11-6-17)26-22(19-9-14-24(29-3)25(15-19)30-4)16-23(27)18-7-12-21(28-2)13-8-18/h5-15,22,26H,16H2,1-4H3. The van der Waals surface area contributed by atoms with Gasteiger partial charge in [-0.25, -0.2) is 0 Å². The van der Waals surface area contributed by atoms with Gasteiger partial charge in [-0.2, -0.15) is 0 Å². The zero-order valence-corrected chi connectivity index (χ0v) is 17.8. The molecular weight excluding hydrogens is 378 g/mol. The number of carbonyl (C=O) groups is 1. The highest BCUT2D eigenvalue weighted by atomic mass is 16.5. The summed E-state index contributed by atoms with van der Waals surface area (Å²) < 4.78 is 16.0. The molecule has 0 aliphatic carbocycles. The molecule has 0 saturated heterocycles. The molecule has 0 heterocycles. The number of Topliss-reactive ketones (excluding diaryl/α,β-unsaturated/α-hetero) is 1. The third kappa shape index (κ3) is 5.11. The summed E-state index contributed by atoms with van der Waals surface area (Å²) in [4.78, 5) is 13.0. The number of hydrogen-bond donors (Lipinski definition) is 1. The van der Waals surface area contributed by atoms with Crippen molar-refractivity contribution in [2.45, 2.75) is 19.4 Å². The van der Waals surface area contributed by atoms with Crippen LogP contribution in [0.3, 0.4) is 0 Å². The van der Waals surface area contributed by atoms with Crippen LogP contribution in [0.4, 0.5) is 5.69 Å². The van der Waals surface area contributed by atoms with Crippen molar-refractivity contribution in [3.05, 3.63) is 83.4 Å². The first-order valence-corrected chi connectivity index (χ1v) is 9.76. The molecule has 0 bridgehead atoms. The van der Waals surface area contributed by atoms with Gasteiger partial charge >= 0.3 is 0 Å². The molecule has 156 valence electrons. The van der Waals surface area contributed by atoms with Gasteiger partial charge in [-0.3, -0.25) is 4.79 Å². The van der Waals surface area contributed by atoms with E-state index in [-0.39, 0.29) is 18.2 Å². The van der Waals surface area contributed by atoms with Crippen LogP contribution < -0.4 is 19.5 Å². The van der Waals surface area contributed by atoms with Crippen molar-refractivity contribution < 1.29 is 19.0 Å². The van der Waals surface area contributed by atoms with Crippen LogP contribution in [-0.4, -0.2) is 27.1 Å². The Morgan fingerprint density at radius 3 is 2.10 bits per heavy atom. The molecule has 1 atom stereocenters. The lowest BCUT2D eigenvalue weighted by Crippen LogP contribution is -2.16. The number of methoxy groups -OCH3 is 3. The Balaban J connectivity index is 1.90. The molecule has 3 rings (SSSR count). The van der Waals surface area contributed by atoms with Crippen molar-refractivity contribution in [1.29, 1.82) is 0 Å². The van der Waals surface area contributed by atoms with Gasteiger partial charge in [-0.15, -0.1) is 0 Å². The second-order valence-corrected chi connectivity index (χ2v) is 7.03. The van der Waals surface area contributed by atoms with Crippen molar-refractivity contribution in [3.8, 4) is 17.2 Å². The zero-order chi connectivity index (χ0) is 21.5. The molecule has 30 heavy (non-hydrogen) atoms. The Morgan fingerprint density at radius 2 is 1.50 bits per heavy atom. The van der Waals surface area contributed by atoms with Gasteiger partial charge in [0.05, 0.1) is 27.4 Å². The Hall–Kier alpha value is -3.47. The average Bonchev–Trinajstić information content (AvgIpc) is 2.79. The van der Waals surface area contributed by atoms with Crippen molar-refractivity contribution in [3.63, 3.8) is 0 Å². The average molecular weight is 405 g/mol. The van der Waals surface area contributed by atoms with Gasteiger partial charge in [0, 0.05) is 17.7 Å². The van der Waals surface area contributed by atoms with Gasteiger partial charge < -0.3 is 19.5 Å². The summed E-state index contributed by atoms with van der Waals surface area (Å²) in [6, 6.07) is 20.8. The van der Waals surface area contributed by atoms with E-state index in [4.69, 9.17) is 14.2 Å². The number of nitrogens with one attached hydrogen (secondary N) is 1. The lowest BCUT2D eigenvalue weighted by atomic mass is 9.97. The smallest absolute Gasteiger partial charge is 0.165 e. The topological polar surface area (TPSA) is 56.8 Å². The Morgan fingerprint density at radius 1 is 0.833 bits per heavy atom. The van der Waals surface area contributed by atoms with Crippen LogP contribution in [0, 0.1) is 6.92 Å². The maximum atomic E-state index is 13.0. The third-order valence-corrected chi connectivity index (χ3v) is 5.00. The van der Waals surface area contributed by atoms with Gasteiger partial charge in [0.15, 0.2) is 17.3 Å². The molecule has 0 fully saturated rings. The number of hydrogen-bond acceptors (Lipinski definition) is 5. The summed E-state index contributed by atoms with van der Waals surface area (Å²) in [6.07, 6.45) is 0.287. The van der Waals surface area contributed by atoms with E-state index >= 15 is 0 Å². The van der Waals surface area contributed by atoms with Gasteiger partial charge in [0.25, 0.3) is 0 Å². The van der Waals surface area contributed by atoms with E-state index in [2.05, 4.69) is 5.32 Å². The fourth-order valence-electron chi connectivity index (χ4n) is 3.25. The highest BCUT2D eigenvalue weighted by molar-refractivity contribution is 5.96. The summed E-state index contributed by atoms with van der Waals surface area (Å²) >= 11 is 0. The first kappa shape index (κ1) is 21.2. The second-order valence-electron chi connectivity index (χ2n) is 7.03. The van der Waals surface area contributed by atoms with Crippen LogP contribution in [0.15, 0.2) is 66.7 Å². The monoisotopic (exact) mass is 405 g/mol. The first-order valence-electron chi connectivity index (χ1n) is 9.76. The van der Waals surface area contributed by atoms with Crippen molar-refractivity contribution in [2.24, 2.45) is 0 Å². The first-order chi connectivity index (χ1) is 14.5. The second kappa shape index (κ2) is 9.83. The number of ether oxygens (including phenoxy) is 3. The molecule has 0 aliphatic rings. The molecule has 5 heteroatoms. The van der Waals surface area contributed by atoms with Crippen LogP contribution in [0.25, 0.3) is 0 Å². The summed E-state index contributed by atoms with van der Waals surface area (Å²) in [5.41, 5.74) is 3.71. The Labute approximate surface area is 177 Å². The normalized spacial score (nSPS) is 11.5. The molecule has 1 N–H and O–H groups in total. The van der Waals surface area contributed by atoms with Gasteiger partial charge in [0.1, 0.15) is 5.75 Å². The van der Waals surface area contributed by atoms with Crippen LogP contribution in [-0.2, 0) is 0 Å². The largest absolute Gasteiger partial charge is 0.497 e. The van der Waals surface area contributed by atoms with E-state index in [1.165, 1.54) is 5.56 Å². The van der Waals surface area contributed by atoms with E-state index < -0.39 is 0 Å². The predicted molar refractivity (Wildman–Crippen MR) is 119 cm³/mol. The van der Waals surface area contributed by atoms with Crippen molar-refractivity contribution >= 4 is 11.5 Å². The number of carbonyl (C=O) groups excluding carboxylic acids is 1. The zero-order valence-electron chi connectivity index (χ0n) is 17.8. The SMILES string of the molecule is COc1ccc(C(=O)CC(Nc2ccc(C)cc2)c2ccc(OC)c(OC)c2)cc1. The van der Waals surface area contributed by atoms with Crippen LogP contribution in [0.5, 0.6) is 17.2 Å². The van der Waals surface area contributed by atoms with E-state index in [0.29, 0.717) is 17.1 Å². The summed E-state index contributed by atoms with van der Waals surface area (Å²) in [7, 11) is 4.81. The minimum absolute atomic E-state index is 0.0389. The molecule has 0 aliphatic heterocycles. The maximum absolute atomic E-state index is 13.0. The van der Waals surface area contributed by atoms with E-state index in [9.17, 15) is 4.79 Å². The third-order valence-electron chi connectivity index (χ3n) is 5.00. The maximum Gasteiger partial charge on any atom is 0.165 e. The number of benzene rings is 3. The molecule has 5 nitrogen and oxygen atoms in total. The molecular formula is C25H27NO4. The number of anilines is 1. The minimum Gasteiger partial charge on any atom is -0.497 e. The Kier molecular flexibility index (Phi) is 6.96. The van der Waals surface area contributed by atoms with Gasteiger partial charge in [-0.05, 0) is 61.0 Å². The van der Waals surface area contributed by atoms with Gasteiger partial charge in [0.2, 0.25) is 0 Å². The van der Waals surface area contributed by atoms with Gasteiger partial charge in [-0.1, -0.05) is 23.8 Å².